The molecule has 0 heterocycles. The number of ether oxygens (including phenoxy) is 2. The molecule has 0 aliphatic rings. The highest BCUT2D eigenvalue weighted by Gasteiger charge is 2.28. The van der Waals surface area contributed by atoms with Gasteiger partial charge in [0.25, 0.3) is 0 Å². The first-order valence-corrected chi connectivity index (χ1v) is 7.77. The Kier molecular flexibility index (Phi) is 8.06. The van der Waals surface area contributed by atoms with E-state index in [-0.39, 0.29) is 12.3 Å². The van der Waals surface area contributed by atoms with Crippen molar-refractivity contribution >= 4 is 18.0 Å². The monoisotopic (exact) mass is 330 g/mol. The van der Waals surface area contributed by atoms with Gasteiger partial charge >= 0.3 is 12.1 Å². The summed E-state index contributed by atoms with van der Waals surface area (Å²) in [4.78, 5) is 35.3. The molecule has 0 unspecified atom stereocenters. The molecule has 7 nitrogen and oxygen atoms in total. The molecule has 0 rings (SSSR count). The quantitative estimate of drug-likeness (QED) is 0.728. The molecular formula is C16H30N2O5. The smallest absolute Gasteiger partial charge is 0.408 e. The van der Waals surface area contributed by atoms with Gasteiger partial charge in [0.15, 0.2) is 0 Å². The van der Waals surface area contributed by atoms with Crippen LogP contribution in [0.1, 0.15) is 60.8 Å². The maximum Gasteiger partial charge on any atom is 0.408 e. The minimum Gasteiger partial charge on any atom is -0.458 e. The van der Waals surface area contributed by atoms with Crippen LogP contribution in [0.2, 0.25) is 0 Å². The van der Waals surface area contributed by atoms with Crippen LogP contribution in [0, 0.1) is 0 Å². The van der Waals surface area contributed by atoms with Crippen molar-refractivity contribution in [2.24, 2.45) is 0 Å². The van der Waals surface area contributed by atoms with Crippen molar-refractivity contribution in [3.63, 3.8) is 0 Å². The zero-order valence-corrected chi connectivity index (χ0v) is 15.2. The highest BCUT2D eigenvalue weighted by Crippen LogP contribution is 2.13. The van der Waals surface area contributed by atoms with Gasteiger partial charge in [-0.25, -0.2) is 9.59 Å². The van der Waals surface area contributed by atoms with E-state index in [0.717, 1.165) is 0 Å². The first-order valence-electron chi connectivity index (χ1n) is 7.77. The van der Waals surface area contributed by atoms with E-state index in [1.807, 2.05) is 0 Å². The molecule has 2 amide bonds. The molecule has 2 N–H and O–H groups in total. The highest BCUT2D eigenvalue weighted by atomic mass is 16.6. The van der Waals surface area contributed by atoms with Crippen molar-refractivity contribution in [3.05, 3.63) is 0 Å². The molecule has 134 valence electrons. The van der Waals surface area contributed by atoms with E-state index in [0.29, 0.717) is 12.8 Å². The third kappa shape index (κ3) is 11.4. The van der Waals surface area contributed by atoms with Gasteiger partial charge in [0, 0.05) is 13.5 Å². The summed E-state index contributed by atoms with van der Waals surface area (Å²) in [6, 6.07) is -0.853. The van der Waals surface area contributed by atoms with Gasteiger partial charge in [-0.05, 0) is 54.4 Å². The summed E-state index contributed by atoms with van der Waals surface area (Å²) < 4.78 is 10.5. The Labute approximate surface area is 138 Å². The number of carbonyl (C=O) groups is 3. The fraction of sp³-hybridized carbons (Fsp3) is 0.812. The molecule has 0 aromatic rings. The van der Waals surface area contributed by atoms with Gasteiger partial charge in [0.2, 0.25) is 5.91 Å². The predicted molar refractivity (Wildman–Crippen MR) is 86.9 cm³/mol. The van der Waals surface area contributed by atoms with Crippen LogP contribution in [-0.4, -0.2) is 42.3 Å². The van der Waals surface area contributed by atoms with Crippen LogP contribution in [0.4, 0.5) is 4.79 Å². The number of amides is 2. The Morgan fingerprint density at radius 3 is 1.91 bits per heavy atom. The van der Waals surface area contributed by atoms with Gasteiger partial charge in [-0.15, -0.1) is 0 Å². The normalized spacial score (nSPS) is 13.0. The lowest BCUT2D eigenvalue weighted by atomic mass is 10.1. The topological polar surface area (TPSA) is 93.7 Å². The lowest BCUT2D eigenvalue weighted by Crippen LogP contribution is -2.46. The number of nitrogens with one attached hydrogen (secondary N) is 2. The molecule has 0 radical (unpaired) electrons. The Balaban J connectivity index is 4.75. The maximum atomic E-state index is 12.2. The van der Waals surface area contributed by atoms with Gasteiger partial charge in [-0.1, -0.05) is 0 Å². The van der Waals surface area contributed by atoms with Crippen molar-refractivity contribution < 1.29 is 23.9 Å². The van der Waals surface area contributed by atoms with E-state index >= 15 is 0 Å². The zero-order chi connectivity index (χ0) is 18.3. The maximum absolute atomic E-state index is 12.2. The summed E-state index contributed by atoms with van der Waals surface area (Å²) in [6.07, 6.45) is 0.320. The fourth-order valence-corrected chi connectivity index (χ4v) is 1.66. The Hall–Kier alpha value is -1.79. The predicted octanol–water partition coefficient (Wildman–Crippen LogP) is 2.14. The van der Waals surface area contributed by atoms with Crippen LogP contribution < -0.4 is 10.6 Å². The van der Waals surface area contributed by atoms with E-state index in [1.54, 1.807) is 48.6 Å². The summed E-state index contributed by atoms with van der Waals surface area (Å²) in [5.41, 5.74) is -1.32. The first kappa shape index (κ1) is 21.2. The third-order valence-corrected chi connectivity index (χ3v) is 2.56. The summed E-state index contributed by atoms with van der Waals surface area (Å²) in [6.45, 7) is 10.5. The van der Waals surface area contributed by atoms with Gasteiger partial charge in [-0.3, -0.25) is 4.79 Å². The van der Waals surface area contributed by atoms with E-state index in [1.165, 1.54) is 0 Å². The zero-order valence-electron chi connectivity index (χ0n) is 15.2. The molecular weight excluding hydrogens is 300 g/mol. The SMILES string of the molecule is CNC(=O)CCC[C@@H](NC(=O)OC(C)(C)C)C(=O)OC(C)(C)C. The highest BCUT2D eigenvalue weighted by molar-refractivity contribution is 5.82. The second-order valence-corrected chi connectivity index (χ2v) is 7.30. The Bertz CT molecular complexity index is 421. The number of carbonyl (C=O) groups excluding carboxylic acids is 3. The van der Waals surface area contributed by atoms with Crippen molar-refractivity contribution in [3.8, 4) is 0 Å². The number of hydrogen-bond donors (Lipinski definition) is 2. The van der Waals surface area contributed by atoms with Crippen molar-refractivity contribution in [2.75, 3.05) is 7.05 Å². The van der Waals surface area contributed by atoms with Crippen LogP contribution in [0.3, 0.4) is 0 Å². The molecule has 0 spiro atoms. The standard InChI is InChI=1S/C16H30N2O5/c1-15(2,3)22-13(20)11(9-8-10-12(19)17-7)18-14(21)23-16(4,5)6/h11H,8-10H2,1-7H3,(H,17,19)(H,18,21)/t11-/m1/s1. The molecule has 0 saturated heterocycles. The van der Waals surface area contributed by atoms with Crippen LogP contribution in [0.15, 0.2) is 0 Å². The minimum atomic E-state index is -0.853. The molecule has 0 fully saturated rings. The number of hydrogen-bond acceptors (Lipinski definition) is 5. The second kappa shape index (κ2) is 8.74. The molecule has 0 aliphatic heterocycles. The molecule has 0 saturated carbocycles. The van der Waals surface area contributed by atoms with Crippen molar-refractivity contribution in [1.29, 1.82) is 0 Å². The van der Waals surface area contributed by atoms with Gasteiger partial charge < -0.3 is 20.1 Å². The first-order chi connectivity index (χ1) is 10.3. The summed E-state index contributed by atoms with van der Waals surface area (Å²) >= 11 is 0. The lowest BCUT2D eigenvalue weighted by molar-refractivity contribution is -0.157. The Morgan fingerprint density at radius 1 is 0.957 bits per heavy atom. The number of rotatable bonds is 6. The van der Waals surface area contributed by atoms with Gasteiger partial charge in [-0.2, -0.15) is 0 Å². The molecule has 0 aliphatic carbocycles. The number of esters is 1. The van der Waals surface area contributed by atoms with E-state index in [4.69, 9.17) is 9.47 Å². The van der Waals surface area contributed by atoms with Crippen LogP contribution in [-0.2, 0) is 19.1 Å². The average Bonchev–Trinajstić information content (AvgIpc) is 2.32. The van der Waals surface area contributed by atoms with Crippen molar-refractivity contribution in [1.82, 2.24) is 10.6 Å². The van der Waals surface area contributed by atoms with Gasteiger partial charge in [0.1, 0.15) is 17.2 Å². The molecule has 0 bridgehead atoms. The van der Waals surface area contributed by atoms with Crippen LogP contribution >= 0.6 is 0 Å². The Morgan fingerprint density at radius 2 is 1.48 bits per heavy atom. The minimum absolute atomic E-state index is 0.120. The molecule has 1 atom stereocenters. The van der Waals surface area contributed by atoms with E-state index in [9.17, 15) is 14.4 Å². The van der Waals surface area contributed by atoms with E-state index in [2.05, 4.69) is 10.6 Å². The fourth-order valence-electron chi connectivity index (χ4n) is 1.66. The lowest BCUT2D eigenvalue weighted by Gasteiger charge is -2.26. The molecule has 0 aromatic heterocycles. The van der Waals surface area contributed by atoms with E-state index < -0.39 is 29.3 Å². The van der Waals surface area contributed by atoms with Crippen LogP contribution in [0.5, 0.6) is 0 Å². The third-order valence-electron chi connectivity index (χ3n) is 2.56. The number of alkyl carbamates (subject to hydrolysis) is 1. The summed E-state index contributed by atoms with van der Waals surface area (Å²) in [7, 11) is 1.55. The molecule has 0 aromatic carbocycles. The second-order valence-electron chi connectivity index (χ2n) is 7.30. The van der Waals surface area contributed by atoms with Crippen molar-refractivity contribution in [2.45, 2.75) is 78.0 Å². The summed E-state index contributed by atoms with van der Waals surface area (Å²) in [5.74, 6) is -0.662. The molecule has 7 heteroatoms. The van der Waals surface area contributed by atoms with Crippen LogP contribution in [0.25, 0.3) is 0 Å². The molecule has 23 heavy (non-hydrogen) atoms. The summed E-state index contributed by atoms with van der Waals surface area (Å²) in [5, 5.41) is 5.03. The average molecular weight is 330 g/mol. The largest absolute Gasteiger partial charge is 0.458 e. The van der Waals surface area contributed by atoms with Gasteiger partial charge in [0.05, 0.1) is 0 Å².